The van der Waals surface area contributed by atoms with Crippen LogP contribution in [0, 0.1) is 0 Å². The summed E-state index contributed by atoms with van der Waals surface area (Å²) < 4.78 is 11.5. The Morgan fingerprint density at radius 1 is 1.11 bits per heavy atom. The average Bonchev–Trinajstić information content (AvgIpc) is 2.73. The van der Waals surface area contributed by atoms with E-state index in [2.05, 4.69) is 16.0 Å². The number of aromatic nitrogens is 1. The summed E-state index contributed by atoms with van der Waals surface area (Å²) in [4.78, 5) is 20.8. The Kier molecular flexibility index (Phi) is 5.65. The van der Waals surface area contributed by atoms with Crippen LogP contribution < -0.4 is 0 Å². The van der Waals surface area contributed by atoms with Crippen molar-refractivity contribution in [2.75, 3.05) is 32.8 Å². The Bertz CT molecular complexity index is 741. The molecule has 0 radical (unpaired) electrons. The number of hydrogen-bond donors (Lipinski definition) is 0. The first-order chi connectivity index (χ1) is 13.3. The highest BCUT2D eigenvalue weighted by molar-refractivity contribution is 5.67. The lowest BCUT2D eigenvalue weighted by Gasteiger charge is -2.45. The smallest absolute Gasteiger partial charge is 0.410 e. The van der Waals surface area contributed by atoms with Crippen molar-refractivity contribution in [1.29, 1.82) is 0 Å². The molecule has 1 amide bonds. The molecule has 1 aromatic carbocycles. The van der Waals surface area contributed by atoms with Crippen LogP contribution in [0.4, 0.5) is 4.79 Å². The van der Waals surface area contributed by atoms with Crippen LogP contribution in [-0.2, 0) is 22.5 Å². The van der Waals surface area contributed by atoms with Crippen molar-refractivity contribution in [3.8, 4) is 0 Å². The molecule has 0 N–H and O–H groups in total. The summed E-state index contributed by atoms with van der Waals surface area (Å²) in [5.74, 6) is 0. The van der Waals surface area contributed by atoms with Crippen LogP contribution in [0.3, 0.4) is 0 Å². The number of carbonyl (C=O) groups excluding carboxylic acids is 1. The summed E-state index contributed by atoms with van der Waals surface area (Å²) in [5.41, 5.74) is 2.20. The van der Waals surface area contributed by atoms with E-state index in [1.54, 1.807) is 11.1 Å². The van der Waals surface area contributed by atoms with E-state index < -0.39 is 0 Å². The van der Waals surface area contributed by atoms with Gasteiger partial charge in [-0.2, -0.15) is 0 Å². The standard InChI is InChI=1S/C21H25N3O3/c25-21(27-15-17-5-2-1-3-6-17)24-10-9-23-14-20(26-16-19(23)13-24)11-18-7-4-8-22-12-18/h1-8,12,19-20H,9-11,13-16H2. The molecule has 0 aliphatic carbocycles. The third-order valence-electron chi connectivity index (χ3n) is 5.22. The van der Waals surface area contributed by atoms with Crippen LogP contribution in [-0.4, -0.2) is 65.8 Å². The topological polar surface area (TPSA) is 54.9 Å². The Morgan fingerprint density at radius 3 is 2.78 bits per heavy atom. The third kappa shape index (κ3) is 4.64. The third-order valence-corrected chi connectivity index (χ3v) is 5.22. The highest BCUT2D eigenvalue weighted by atomic mass is 16.6. The fourth-order valence-corrected chi connectivity index (χ4v) is 3.73. The molecule has 0 spiro atoms. The largest absolute Gasteiger partial charge is 0.445 e. The van der Waals surface area contributed by atoms with Crippen molar-refractivity contribution in [1.82, 2.24) is 14.8 Å². The Labute approximate surface area is 159 Å². The number of morpholine rings is 1. The summed E-state index contributed by atoms with van der Waals surface area (Å²) in [7, 11) is 0. The molecular weight excluding hydrogens is 342 g/mol. The van der Waals surface area contributed by atoms with Crippen molar-refractivity contribution in [3.63, 3.8) is 0 Å². The van der Waals surface area contributed by atoms with Gasteiger partial charge < -0.3 is 14.4 Å². The summed E-state index contributed by atoms with van der Waals surface area (Å²) in [6.07, 6.45) is 4.51. The van der Waals surface area contributed by atoms with Gasteiger partial charge in [0.05, 0.1) is 18.8 Å². The Balaban J connectivity index is 1.25. The lowest BCUT2D eigenvalue weighted by atomic mass is 10.0. The number of hydrogen-bond acceptors (Lipinski definition) is 5. The minimum atomic E-state index is -0.240. The van der Waals surface area contributed by atoms with Gasteiger partial charge in [-0.3, -0.25) is 9.88 Å². The number of benzene rings is 1. The van der Waals surface area contributed by atoms with E-state index in [0.717, 1.165) is 25.1 Å². The van der Waals surface area contributed by atoms with Crippen molar-refractivity contribution in [3.05, 3.63) is 66.0 Å². The molecule has 0 saturated carbocycles. The normalized spacial score (nSPS) is 22.9. The lowest BCUT2D eigenvalue weighted by Crippen LogP contribution is -2.61. The van der Waals surface area contributed by atoms with E-state index in [9.17, 15) is 4.79 Å². The zero-order valence-corrected chi connectivity index (χ0v) is 15.4. The van der Waals surface area contributed by atoms with Crippen LogP contribution in [0.15, 0.2) is 54.9 Å². The molecule has 2 aliphatic heterocycles. The van der Waals surface area contributed by atoms with E-state index in [1.807, 2.05) is 42.6 Å². The number of nitrogens with zero attached hydrogens (tertiary/aromatic N) is 3. The maximum atomic E-state index is 12.4. The number of fused-ring (bicyclic) bond motifs is 1. The maximum absolute atomic E-state index is 12.4. The minimum absolute atomic E-state index is 0.182. The van der Waals surface area contributed by atoms with Gasteiger partial charge in [0.2, 0.25) is 0 Å². The van der Waals surface area contributed by atoms with E-state index in [0.29, 0.717) is 26.3 Å². The number of amides is 1. The van der Waals surface area contributed by atoms with Gasteiger partial charge in [0, 0.05) is 45.0 Å². The van der Waals surface area contributed by atoms with E-state index in [-0.39, 0.29) is 18.2 Å². The highest BCUT2D eigenvalue weighted by Crippen LogP contribution is 2.20. The molecule has 2 unspecified atom stereocenters. The quantitative estimate of drug-likeness (QED) is 0.830. The molecule has 1 aromatic heterocycles. The fraction of sp³-hybridized carbons (Fsp3) is 0.429. The summed E-state index contributed by atoms with van der Waals surface area (Å²) in [5, 5.41) is 0. The van der Waals surface area contributed by atoms with Gasteiger partial charge in [0.1, 0.15) is 6.61 Å². The van der Waals surface area contributed by atoms with Gasteiger partial charge >= 0.3 is 6.09 Å². The monoisotopic (exact) mass is 367 g/mol. The molecule has 27 heavy (non-hydrogen) atoms. The molecule has 3 heterocycles. The predicted molar refractivity (Wildman–Crippen MR) is 101 cm³/mol. The zero-order chi connectivity index (χ0) is 18.5. The summed E-state index contributed by atoms with van der Waals surface area (Å²) >= 11 is 0. The predicted octanol–water partition coefficient (Wildman–Crippen LogP) is 2.35. The molecule has 2 aliphatic rings. The van der Waals surface area contributed by atoms with Crippen LogP contribution in [0.2, 0.25) is 0 Å². The molecule has 2 atom stereocenters. The summed E-state index contributed by atoms with van der Waals surface area (Å²) in [6, 6.07) is 14.1. The van der Waals surface area contributed by atoms with E-state index in [1.165, 1.54) is 5.56 Å². The van der Waals surface area contributed by atoms with Gasteiger partial charge in [-0.25, -0.2) is 4.79 Å². The molecule has 6 heteroatoms. The number of ether oxygens (including phenoxy) is 2. The van der Waals surface area contributed by atoms with Gasteiger partial charge in [0.25, 0.3) is 0 Å². The maximum Gasteiger partial charge on any atom is 0.410 e. The van der Waals surface area contributed by atoms with Gasteiger partial charge in [-0.15, -0.1) is 0 Å². The molecule has 2 aromatic rings. The number of piperazine rings is 1. The zero-order valence-electron chi connectivity index (χ0n) is 15.4. The van der Waals surface area contributed by atoms with Crippen molar-refractivity contribution in [2.45, 2.75) is 25.2 Å². The first-order valence-corrected chi connectivity index (χ1v) is 9.48. The fourth-order valence-electron chi connectivity index (χ4n) is 3.73. The molecule has 4 rings (SSSR count). The molecule has 6 nitrogen and oxygen atoms in total. The second kappa shape index (κ2) is 8.50. The van der Waals surface area contributed by atoms with Crippen LogP contribution in [0.5, 0.6) is 0 Å². The lowest BCUT2D eigenvalue weighted by molar-refractivity contribution is -0.0855. The first-order valence-electron chi connectivity index (χ1n) is 9.48. The van der Waals surface area contributed by atoms with Crippen molar-refractivity contribution < 1.29 is 14.3 Å². The first kappa shape index (κ1) is 17.9. The number of rotatable bonds is 4. The van der Waals surface area contributed by atoms with Crippen LogP contribution >= 0.6 is 0 Å². The second-order valence-corrected chi connectivity index (χ2v) is 7.16. The second-order valence-electron chi connectivity index (χ2n) is 7.16. The average molecular weight is 367 g/mol. The molecule has 2 fully saturated rings. The van der Waals surface area contributed by atoms with Crippen LogP contribution in [0.25, 0.3) is 0 Å². The highest BCUT2D eigenvalue weighted by Gasteiger charge is 2.35. The number of carbonyl (C=O) groups is 1. The Morgan fingerprint density at radius 2 is 1.96 bits per heavy atom. The van der Waals surface area contributed by atoms with E-state index >= 15 is 0 Å². The molecular formula is C21H25N3O3. The SMILES string of the molecule is O=C(OCc1ccccc1)N1CCN2CC(Cc3cccnc3)OCC2C1. The Hall–Kier alpha value is -2.44. The van der Waals surface area contributed by atoms with Gasteiger partial charge in [-0.1, -0.05) is 36.4 Å². The number of pyridine rings is 1. The van der Waals surface area contributed by atoms with Crippen molar-refractivity contribution >= 4 is 6.09 Å². The van der Waals surface area contributed by atoms with Crippen LogP contribution in [0.1, 0.15) is 11.1 Å². The molecule has 2 saturated heterocycles. The van der Waals surface area contributed by atoms with Gasteiger partial charge in [0.15, 0.2) is 0 Å². The van der Waals surface area contributed by atoms with E-state index in [4.69, 9.17) is 9.47 Å². The van der Waals surface area contributed by atoms with Gasteiger partial charge in [-0.05, 0) is 17.2 Å². The summed E-state index contributed by atoms with van der Waals surface area (Å²) in [6.45, 7) is 4.07. The van der Waals surface area contributed by atoms with Crippen molar-refractivity contribution in [2.24, 2.45) is 0 Å². The molecule has 142 valence electrons. The molecule has 0 bridgehead atoms. The minimum Gasteiger partial charge on any atom is -0.445 e.